The summed E-state index contributed by atoms with van der Waals surface area (Å²) in [6.07, 6.45) is 5.06. The molecule has 0 aromatic heterocycles. The molecular formula is C18H30N2O. The van der Waals surface area contributed by atoms with Gasteiger partial charge in [-0.2, -0.15) is 0 Å². The Morgan fingerprint density at radius 3 is 2.48 bits per heavy atom. The van der Waals surface area contributed by atoms with Gasteiger partial charge in [0.15, 0.2) is 0 Å². The lowest BCUT2D eigenvalue weighted by Crippen LogP contribution is -2.43. The first-order chi connectivity index (χ1) is 10.2. The van der Waals surface area contributed by atoms with Gasteiger partial charge in [-0.1, -0.05) is 43.2 Å². The molecule has 2 N–H and O–H groups in total. The number of rotatable bonds is 9. The fourth-order valence-electron chi connectivity index (χ4n) is 3.08. The molecule has 0 aliphatic heterocycles. The highest BCUT2D eigenvalue weighted by Gasteiger charge is 2.25. The maximum atomic E-state index is 9.26. The molecule has 2 rings (SSSR count). The molecule has 0 saturated heterocycles. The molecule has 1 fully saturated rings. The van der Waals surface area contributed by atoms with Gasteiger partial charge in [0.25, 0.3) is 0 Å². The number of aliphatic hydroxyl groups excluding tert-OH is 1. The third kappa shape index (κ3) is 4.80. The number of aryl methyl sites for hydroxylation is 1. The van der Waals surface area contributed by atoms with Crippen LogP contribution in [0.4, 0.5) is 0 Å². The number of hydrogen-bond acceptors (Lipinski definition) is 3. The lowest BCUT2D eigenvalue weighted by molar-refractivity contribution is 0.0969. The highest BCUT2D eigenvalue weighted by Crippen LogP contribution is 2.26. The Kier molecular flexibility index (Phi) is 6.68. The summed E-state index contributed by atoms with van der Waals surface area (Å²) in [4.78, 5) is 2.47. The molecule has 3 nitrogen and oxygen atoms in total. The number of aliphatic hydroxyl groups is 1. The van der Waals surface area contributed by atoms with Crippen molar-refractivity contribution in [3.63, 3.8) is 0 Å². The predicted molar refractivity (Wildman–Crippen MR) is 88.5 cm³/mol. The number of benzene rings is 1. The Hall–Kier alpha value is -0.900. The predicted octanol–water partition coefficient (Wildman–Crippen LogP) is 2.88. The summed E-state index contributed by atoms with van der Waals surface area (Å²) in [5.74, 6) is 0. The lowest BCUT2D eigenvalue weighted by Gasteiger charge is -2.38. The van der Waals surface area contributed by atoms with Crippen LogP contribution in [0.1, 0.15) is 49.8 Å². The van der Waals surface area contributed by atoms with Crippen LogP contribution in [0.3, 0.4) is 0 Å². The standard InChI is InChI=1S/C18H30N2O/c1-3-19-18(16-9-7-15(2)8-10-16)11-12-20(13-14-21)17-5-4-6-17/h7-10,17-19,21H,3-6,11-14H2,1-2H3. The zero-order valence-electron chi connectivity index (χ0n) is 13.5. The minimum absolute atomic E-state index is 0.271. The first kappa shape index (κ1) is 16.5. The van der Waals surface area contributed by atoms with Crippen LogP contribution < -0.4 is 5.32 Å². The largest absolute Gasteiger partial charge is 0.395 e. The van der Waals surface area contributed by atoms with Gasteiger partial charge in [-0.05, 0) is 38.3 Å². The monoisotopic (exact) mass is 290 g/mol. The van der Waals surface area contributed by atoms with E-state index in [9.17, 15) is 5.11 Å². The van der Waals surface area contributed by atoms with Crippen LogP contribution in [0.25, 0.3) is 0 Å². The SMILES string of the molecule is CCNC(CCN(CCO)C1CCC1)c1ccc(C)cc1. The van der Waals surface area contributed by atoms with Crippen LogP contribution in [-0.2, 0) is 0 Å². The highest BCUT2D eigenvalue weighted by molar-refractivity contribution is 5.24. The van der Waals surface area contributed by atoms with E-state index in [1.54, 1.807) is 0 Å². The molecule has 0 radical (unpaired) electrons. The van der Waals surface area contributed by atoms with Crippen molar-refractivity contribution in [2.24, 2.45) is 0 Å². The van der Waals surface area contributed by atoms with Gasteiger partial charge in [0, 0.05) is 25.2 Å². The summed E-state index contributed by atoms with van der Waals surface area (Å²) >= 11 is 0. The van der Waals surface area contributed by atoms with Gasteiger partial charge in [-0.3, -0.25) is 4.90 Å². The van der Waals surface area contributed by atoms with Crippen molar-refractivity contribution >= 4 is 0 Å². The van der Waals surface area contributed by atoms with Crippen LogP contribution in [0.2, 0.25) is 0 Å². The van der Waals surface area contributed by atoms with Crippen molar-refractivity contribution in [2.75, 3.05) is 26.2 Å². The molecule has 0 bridgehead atoms. The second-order valence-electron chi connectivity index (χ2n) is 6.15. The van der Waals surface area contributed by atoms with E-state index in [2.05, 4.69) is 48.3 Å². The summed E-state index contributed by atoms with van der Waals surface area (Å²) < 4.78 is 0. The summed E-state index contributed by atoms with van der Waals surface area (Å²) in [6.45, 7) is 7.44. The Labute approximate surface area is 129 Å². The minimum Gasteiger partial charge on any atom is -0.395 e. The van der Waals surface area contributed by atoms with Crippen LogP contribution in [-0.4, -0.2) is 42.3 Å². The third-order valence-electron chi connectivity index (χ3n) is 4.61. The lowest BCUT2D eigenvalue weighted by atomic mass is 9.91. The van der Waals surface area contributed by atoms with Gasteiger partial charge in [-0.15, -0.1) is 0 Å². The molecule has 118 valence electrons. The molecule has 1 aromatic rings. The van der Waals surface area contributed by atoms with Gasteiger partial charge in [0.2, 0.25) is 0 Å². The van der Waals surface area contributed by atoms with Crippen molar-refractivity contribution in [1.82, 2.24) is 10.2 Å². The molecule has 3 heteroatoms. The van der Waals surface area contributed by atoms with Crippen molar-refractivity contribution in [3.05, 3.63) is 35.4 Å². The normalized spacial score (nSPS) is 17.0. The van der Waals surface area contributed by atoms with Gasteiger partial charge >= 0.3 is 0 Å². The summed E-state index contributed by atoms with van der Waals surface area (Å²) in [5, 5.41) is 12.9. The van der Waals surface area contributed by atoms with Crippen molar-refractivity contribution < 1.29 is 5.11 Å². The van der Waals surface area contributed by atoms with Crippen molar-refractivity contribution in [1.29, 1.82) is 0 Å². The van der Waals surface area contributed by atoms with E-state index in [0.29, 0.717) is 12.1 Å². The molecule has 0 heterocycles. The van der Waals surface area contributed by atoms with Crippen LogP contribution >= 0.6 is 0 Å². The zero-order valence-corrected chi connectivity index (χ0v) is 13.5. The van der Waals surface area contributed by atoms with E-state index in [-0.39, 0.29) is 6.61 Å². The number of nitrogens with one attached hydrogen (secondary N) is 1. The highest BCUT2D eigenvalue weighted by atomic mass is 16.3. The molecule has 1 saturated carbocycles. The first-order valence-electron chi connectivity index (χ1n) is 8.39. The topological polar surface area (TPSA) is 35.5 Å². The van der Waals surface area contributed by atoms with Gasteiger partial charge < -0.3 is 10.4 Å². The van der Waals surface area contributed by atoms with Crippen LogP contribution in [0.5, 0.6) is 0 Å². The van der Waals surface area contributed by atoms with E-state index in [1.165, 1.54) is 30.4 Å². The minimum atomic E-state index is 0.271. The fraction of sp³-hybridized carbons (Fsp3) is 0.667. The summed E-state index contributed by atoms with van der Waals surface area (Å²) in [7, 11) is 0. The Morgan fingerprint density at radius 2 is 1.95 bits per heavy atom. The molecule has 1 aliphatic carbocycles. The molecule has 1 aliphatic rings. The van der Waals surface area contributed by atoms with Crippen LogP contribution in [0.15, 0.2) is 24.3 Å². The van der Waals surface area contributed by atoms with E-state index >= 15 is 0 Å². The van der Waals surface area contributed by atoms with Crippen LogP contribution in [0, 0.1) is 6.92 Å². The second-order valence-corrected chi connectivity index (χ2v) is 6.15. The van der Waals surface area contributed by atoms with Crippen molar-refractivity contribution in [2.45, 2.75) is 51.6 Å². The number of hydrogen-bond donors (Lipinski definition) is 2. The number of nitrogens with zero attached hydrogens (tertiary/aromatic N) is 1. The summed E-state index contributed by atoms with van der Waals surface area (Å²) in [6, 6.07) is 9.98. The maximum Gasteiger partial charge on any atom is 0.0558 e. The first-order valence-corrected chi connectivity index (χ1v) is 8.39. The van der Waals surface area contributed by atoms with Gasteiger partial charge in [0.1, 0.15) is 0 Å². The van der Waals surface area contributed by atoms with E-state index in [1.807, 2.05) is 0 Å². The zero-order chi connectivity index (χ0) is 15.1. The van der Waals surface area contributed by atoms with Crippen molar-refractivity contribution in [3.8, 4) is 0 Å². The quantitative estimate of drug-likeness (QED) is 0.734. The van der Waals surface area contributed by atoms with E-state index in [4.69, 9.17) is 0 Å². The molecule has 1 unspecified atom stereocenters. The molecule has 1 aromatic carbocycles. The smallest absolute Gasteiger partial charge is 0.0558 e. The Balaban J connectivity index is 1.93. The average Bonchev–Trinajstić information content (AvgIpc) is 2.42. The fourth-order valence-corrected chi connectivity index (χ4v) is 3.08. The second kappa shape index (κ2) is 8.52. The molecule has 0 spiro atoms. The third-order valence-corrected chi connectivity index (χ3v) is 4.61. The summed E-state index contributed by atoms with van der Waals surface area (Å²) in [5.41, 5.74) is 2.69. The van der Waals surface area contributed by atoms with E-state index < -0.39 is 0 Å². The maximum absolute atomic E-state index is 9.26. The molecule has 0 amide bonds. The molecular weight excluding hydrogens is 260 g/mol. The molecule has 1 atom stereocenters. The van der Waals surface area contributed by atoms with Gasteiger partial charge in [-0.25, -0.2) is 0 Å². The van der Waals surface area contributed by atoms with E-state index in [0.717, 1.165) is 26.1 Å². The Bertz CT molecular complexity index is 400. The van der Waals surface area contributed by atoms with Gasteiger partial charge in [0.05, 0.1) is 6.61 Å². The molecule has 21 heavy (non-hydrogen) atoms. The average molecular weight is 290 g/mol. The Morgan fingerprint density at radius 1 is 1.24 bits per heavy atom.